The molecule has 3 rings (SSSR count). The molecule has 0 unspecified atom stereocenters. The van der Waals surface area contributed by atoms with Crippen LogP contribution in [0.3, 0.4) is 0 Å². The number of rotatable bonds is 18. The van der Waals surface area contributed by atoms with Crippen molar-refractivity contribution in [2.24, 2.45) is 11.8 Å². The van der Waals surface area contributed by atoms with E-state index in [1.54, 1.807) is 19.2 Å². The molecular formula is C35H46F2N2O3S. The summed E-state index contributed by atoms with van der Waals surface area (Å²) in [5.41, 5.74) is 3.60. The van der Waals surface area contributed by atoms with Gasteiger partial charge in [0.25, 0.3) is 0 Å². The molecule has 0 amide bonds. The third-order valence-electron chi connectivity index (χ3n) is 7.83. The van der Waals surface area contributed by atoms with E-state index in [0.29, 0.717) is 42.9 Å². The number of nitrogens with one attached hydrogen (secondary N) is 1. The molecule has 0 aromatic heterocycles. The summed E-state index contributed by atoms with van der Waals surface area (Å²) in [6.45, 7) is 8.15. The number of Topliss-reactive ketones (excluding diaryl/α,β-unsaturated/α-hetero) is 1. The Kier molecular flexibility index (Phi) is 13.5. The van der Waals surface area contributed by atoms with Crippen LogP contribution in [0, 0.1) is 23.5 Å². The van der Waals surface area contributed by atoms with Gasteiger partial charge in [-0.05, 0) is 97.9 Å². The van der Waals surface area contributed by atoms with Crippen LogP contribution in [0.5, 0.6) is 0 Å². The van der Waals surface area contributed by atoms with Crippen LogP contribution in [0.15, 0.2) is 71.6 Å². The van der Waals surface area contributed by atoms with Crippen LogP contribution in [0.1, 0.15) is 79.9 Å². The number of hydrogen-bond acceptors (Lipinski definition) is 4. The maximum Gasteiger partial charge on any atom is 0.242 e. The van der Waals surface area contributed by atoms with E-state index in [1.807, 2.05) is 0 Å². The number of benzene rings is 3. The molecule has 1 N–H and O–H groups in total. The first-order chi connectivity index (χ1) is 20.5. The van der Waals surface area contributed by atoms with E-state index >= 15 is 0 Å². The van der Waals surface area contributed by atoms with Crippen LogP contribution in [-0.2, 0) is 29.4 Å². The zero-order valence-corrected chi connectivity index (χ0v) is 26.7. The van der Waals surface area contributed by atoms with E-state index in [4.69, 9.17) is 0 Å². The molecule has 0 bridgehead atoms. The van der Waals surface area contributed by atoms with Crippen molar-refractivity contribution >= 4 is 15.8 Å². The van der Waals surface area contributed by atoms with Gasteiger partial charge in [-0.1, -0.05) is 57.2 Å². The first-order valence-corrected chi connectivity index (χ1v) is 16.7. The Labute approximate surface area is 256 Å². The van der Waals surface area contributed by atoms with Gasteiger partial charge in [0, 0.05) is 38.2 Å². The van der Waals surface area contributed by atoms with Crippen LogP contribution in [0.4, 0.5) is 8.78 Å². The first-order valence-electron chi connectivity index (χ1n) is 15.3. The van der Waals surface area contributed by atoms with Gasteiger partial charge in [-0.15, -0.1) is 0 Å². The molecule has 0 heterocycles. The predicted octanol–water partition coefficient (Wildman–Crippen LogP) is 7.59. The Bertz CT molecular complexity index is 1410. The highest BCUT2D eigenvalue weighted by molar-refractivity contribution is 7.89. The van der Waals surface area contributed by atoms with Crippen LogP contribution in [-0.4, -0.2) is 38.6 Å². The lowest BCUT2D eigenvalue weighted by Crippen LogP contribution is -2.28. The number of carbonyl (C=O) groups excluding carboxylic acids is 1. The minimum absolute atomic E-state index is 0.0541. The van der Waals surface area contributed by atoms with Crippen molar-refractivity contribution in [3.8, 4) is 0 Å². The van der Waals surface area contributed by atoms with Crippen molar-refractivity contribution in [1.82, 2.24) is 9.62 Å². The molecule has 0 aliphatic rings. The fourth-order valence-electron chi connectivity index (χ4n) is 5.16. The maximum atomic E-state index is 13.9. The normalized spacial score (nSPS) is 12.7. The number of nitrogens with zero attached hydrogens (tertiary/aromatic N) is 1. The fraction of sp³-hybridized carbons (Fsp3) is 0.457. The van der Waals surface area contributed by atoms with Gasteiger partial charge in [-0.2, -0.15) is 0 Å². The molecule has 0 saturated heterocycles. The van der Waals surface area contributed by atoms with E-state index in [9.17, 15) is 22.0 Å². The van der Waals surface area contributed by atoms with Crippen molar-refractivity contribution in [2.75, 3.05) is 20.1 Å². The lowest BCUT2D eigenvalue weighted by Gasteiger charge is -2.18. The van der Waals surface area contributed by atoms with Gasteiger partial charge in [0.15, 0.2) is 5.78 Å². The highest BCUT2D eigenvalue weighted by Gasteiger charge is 2.21. The minimum atomic E-state index is -3.61. The van der Waals surface area contributed by atoms with E-state index in [-0.39, 0.29) is 16.6 Å². The Morgan fingerprint density at radius 3 is 2.21 bits per heavy atom. The summed E-state index contributed by atoms with van der Waals surface area (Å²) in [4.78, 5) is 13.1. The predicted molar refractivity (Wildman–Crippen MR) is 170 cm³/mol. The molecule has 3 aromatic carbocycles. The second-order valence-corrected chi connectivity index (χ2v) is 13.9. The molecule has 0 spiro atoms. The molecule has 5 nitrogen and oxygen atoms in total. The fourth-order valence-corrected chi connectivity index (χ4v) is 6.34. The number of halogens is 2. The lowest BCUT2D eigenvalue weighted by atomic mass is 9.90. The second kappa shape index (κ2) is 16.8. The maximum absolute atomic E-state index is 13.9. The summed E-state index contributed by atoms with van der Waals surface area (Å²) >= 11 is 0. The molecule has 0 fully saturated rings. The Morgan fingerprint density at radius 2 is 1.56 bits per heavy atom. The average Bonchev–Trinajstić information content (AvgIpc) is 2.97. The number of ketones is 1. The monoisotopic (exact) mass is 612 g/mol. The smallest absolute Gasteiger partial charge is 0.242 e. The molecule has 234 valence electrons. The van der Waals surface area contributed by atoms with Crippen molar-refractivity contribution in [2.45, 2.75) is 77.2 Å². The molecule has 43 heavy (non-hydrogen) atoms. The van der Waals surface area contributed by atoms with Crippen molar-refractivity contribution in [3.63, 3.8) is 0 Å². The van der Waals surface area contributed by atoms with Crippen molar-refractivity contribution < 1.29 is 22.0 Å². The minimum Gasteiger partial charge on any atom is -0.313 e. The average molecular weight is 613 g/mol. The quantitative estimate of drug-likeness (QED) is 0.119. The summed E-state index contributed by atoms with van der Waals surface area (Å²) in [6.07, 6.45) is 4.74. The molecule has 0 radical (unpaired) electrons. The van der Waals surface area contributed by atoms with Crippen LogP contribution < -0.4 is 5.32 Å². The van der Waals surface area contributed by atoms with Gasteiger partial charge in [-0.25, -0.2) is 21.5 Å². The third-order valence-corrected chi connectivity index (χ3v) is 9.70. The molecular weight excluding hydrogens is 566 g/mol. The molecule has 0 aliphatic heterocycles. The Hall–Kier alpha value is -2.94. The van der Waals surface area contributed by atoms with Crippen molar-refractivity contribution in [3.05, 3.63) is 101 Å². The Balaban J connectivity index is 1.57. The molecule has 0 saturated carbocycles. The SMILES string of the molecule is CCc1cccc(CNCC[C@@H](CCCC(=O)c2ccc(S(=O)(=O)N(C)CCC(C)C)cc2)Cc2cc(F)cc(F)c2)c1. The van der Waals surface area contributed by atoms with Crippen LogP contribution in [0.2, 0.25) is 0 Å². The lowest BCUT2D eigenvalue weighted by molar-refractivity contribution is 0.0977. The van der Waals surface area contributed by atoms with Crippen LogP contribution in [0.25, 0.3) is 0 Å². The number of hydrogen-bond donors (Lipinski definition) is 1. The highest BCUT2D eigenvalue weighted by Crippen LogP contribution is 2.22. The van der Waals surface area contributed by atoms with E-state index in [2.05, 4.69) is 50.4 Å². The summed E-state index contributed by atoms with van der Waals surface area (Å²) in [6, 6.07) is 18.2. The van der Waals surface area contributed by atoms with Gasteiger partial charge in [0.2, 0.25) is 10.0 Å². The Morgan fingerprint density at radius 1 is 0.884 bits per heavy atom. The third kappa shape index (κ3) is 11.2. The zero-order valence-electron chi connectivity index (χ0n) is 25.9. The molecule has 3 aromatic rings. The van der Waals surface area contributed by atoms with Gasteiger partial charge < -0.3 is 5.32 Å². The standard InChI is InChI=1S/C35H46F2N2O3S/c1-5-27-8-6-10-29(20-27)25-38-18-16-28(21-30-22-32(36)24-33(37)23-30)9-7-11-35(40)31-12-14-34(15-13-31)43(41,42)39(4)19-17-26(2)3/h6,8,10,12-15,20,22-24,26,28,38H,5,7,9,11,16-19,21,25H2,1-4H3/t28-/m1/s1. The summed E-state index contributed by atoms with van der Waals surface area (Å²) < 4.78 is 54.8. The summed E-state index contributed by atoms with van der Waals surface area (Å²) in [5.74, 6) is -0.699. The molecule has 8 heteroatoms. The van der Waals surface area contributed by atoms with Gasteiger partial charge in [0.1, 0.15) is 11.6 Å². The van der Waals surface area contributed by atoms with Gasteiger partial charge in [-0.3, -0.25) is 4.79 Å². The van der Waals surface area contributed by atoms with Gasteiger partial charge in [0.05, 0.1) is 4.90 Å². The number of carbonyl (C=O) groups is 1. The number of sulfonamides is 1. The zero-order chi connectivity index (χ0) is 31.4. The first kappa shape index (κ1) is 34.5. The number of aryl methyl sites for hydroxylation is 1. The largest absolute Gasteiger partial charge is 0.313 e. The van der Waals surface area contributed by atoms with E-state index < -0.39 is 21.7 Å². The summed E-state index contributed by atoms with van der Waals surface area (Å²) in [5, 5.41) is 3.49. The van der Waals surface area contributed by atoms with Crippen LogP contribution >= 0.6 is 0 Å². The second-order valence-electron chi connectivity index (χ2n) is 11.8. The molecule has 0 aliphatic carbocycles. The van der Waals surface area contributed by atoms with E-state index in [1.165, 1.54) is 39.7 Å². The highest BCUT2D eigenvalue weighted by atomic mass is 32.2. The topological polar surface area (TPSA) is 66.5 Å². The van der Waals surface area contributed by atoms with Crippen molar-refractivity contribution in [1.29, 1.82) is 0 Å². The summed E-state index contributed by atoms with van der Waals surface area (Å²) in [7, 11) is -2.04. The van der Waals surface area contributed by atoms with E-state index in [0.717, 1.165) is 44.8 Å². The van der Waals surface area contributed by atoms with Gasteiger partial charge >= 0.3 is 0 Å². The molecule has 1 atom stereocenters.